The molecule has 1 atom stereocenters. The topological polar surface area (TPSA) is 78.2 Å². The van der Waals surface area contributed by atoms with Crippen LogP contribution in [0.25, 0.3) is 0 Å². The number of ether oxygens (including phenoxy) is 2. The van der Waals surface area contributed by atoms with Gasteiger partial charge < -0.3 is 9.47 Å². The molecule has 2 aromatic rings. The van der Waals surface area contributed by atoms with Crippen molar-refractivity contribution in [3.05, 3.63) is 16.7 Å². The van der Waals surface area contributed by atoms with Gasteiger partial charge in [0.15, 0.2) is 0 Å². The normalized spacial score (nSPS) is 19.2. The van der Waals surface area contributed by atoms with Crippen molar-refractivity contribution in [1.29, 1.82) is 0 Å². The van der Waals surface area contributed by atoms with Crippen LogP contribution in [0.15, 0.2) is 0 Å². The quantitative estimate of drug-likeness (QED) is 0.779. The second-order valence-corrected chi connectivity index (χ2v) is 6.54. The van der Waals surface area contributed by atoms with Crippen molar-refractivity contribution in [3.8, 4) is 5.19 Å². The van der Waals surface area contributed by atoms with E-state index in [0.717, 1.165) is 42.8 Å². The Kier molecular flexibility index (Phi) is 5.19. The number of aromatic nitrogens is 5. The first-order chi connectivity index (χ1) is 11.1. The SMILES string of the molecule is CCOc1nnc(CN2CCOC(Cn3nc(C)nc3C)C2)s1. The standard InChI is InChI=1S/C14H22N6O2S/c1-4-21-14-17-16-13(23-14)9-19-5-6-22-12(7-19)8-20-11(3)15-10(2)18-20/h12H,4-9H2,1-3H3. The minimum atomic E-state index is 0.114. The maximum atomic E-state index is 5.87. The van der Waals surface area contributed by atoms with E-state index in [1.54, 1.807) is 0 Å². The molecule has 1 saturated heterocycles. The largest absolute Gasteiger partial charge is 0.469 e. The van der Waals surface area contributed by atoms with Gasteiger partial charge in [0, 0.05) is 13.1 Å². The van der Waals surface area contributed by atoms with Crippen LogP contribution in [0.5, 0.6) is 5.19 Å². The maximum Gasteiger partial charge on any atom is 0.294 e. The zero-order chi connectivity index (χ0) is 16.2. The predicted molar refractivity (Wildman–Crippen MR) is 85.6 cm³/mol. The van der Waals surface area contributed by atoms with E-state index in [0.29, 0.717) is 18.4 Å². The Hall–Kier alpha value is -1.58. The zero-order valence-electron chi connectivity index (χ0n) is 13.7. The molecule has 0 aliphatic carbocycles. The Morgan fingerprint density at radius 1 is 1.35 bits per heavy atom. The summed E-state index contributed by atoms with van der Waals surface area (Å²) in [4.78, 5) is 6.67. The van der Waals surface area contributed by atoms with E-state index in [9.17, 15) is 0 Å². The molecule has 1 aliphatic heterocycles. The van der Waals surface area contributed by atoms with E-state index in [1.807, 2.05) is 25.5 Å². The van der Waals surface area contributed by atoms with Gasteiger partial charge in [-0.1, -0.05) is 11.3 Å². The molecule has 126 valence electrons. The Morgan fingerprint density at radius 2 is 2.22 bits per heavy atom. The van der Waals surface area contributed by atoms with Crippen molar-refractivity contribution < 1.29 is 9.47 Å². The number of rotatable bonds is 6. The van der Waals surface area contributed by atoms with Crippen molar-refractivity contribution >= 4 is 11.3 Å². The molecule has 0 saturated carbocycles. The molecule has 0 aromatic carbocycles. The summed E-state index contributed by atoms with van der Waals surface area (Å²) in [5.74, 6) is 1.72. The van der Waals surface area contributed by atoms with E-state index < -0.39 is 0 Å². The van der Waals surface area contributed by atoms with Crippen LogP contribution >= 0.6 is 11.3 Å². The third kappa shape index (κ3) is 4.24. The first-order valence-electron chi connectivity index (χ1n) is 7.81. The van der Waals surface area contributed by atoms with E-state index in [1.165, 1.54) is 11.3 Å². The smallest absolute Gasteiger partial charge is 0.294 e. The molecule has 0 spiro atoms. The van der Waals surface area contributed by atoms with Crippen molar-refractivity contribution in [1.82, 2.24) is 29.9 Å². The summed E-state index contributed by atoms with van der Waals surface area (Å²) in [7, 11) is 0. The first-order valence-corrected chi connectivity index (χ1v) is 8.63. The number of hydrogen-bond acceptors (Lipinski definition) is 8. The van der Waals surface area contributed by atoms with Gasteiger partial charge in [0.25, 0.3) is 5.19 Å². The highest BCUT2D eigenvalue weighted by Crippen LogP contribution is 2.20. The van der Waals surface area contributed by atoms with Gasteiger partial charge in [-0.3, -0.25) is 4.90 Å². The molecule has 1 unspecified atom stereocenters. The molecule has 0 amide bonds. The second-order valence-electron chi connectivity index (χ2n) is 5.51. The summed E-state index contributed by atoms with van der Waals surface area (Å²) in [6, 6.07) is 0. The van der Waals surface area contributed by atoms with Gasteiger partial charge in [-0.15, -0.1) is 10.2 Å². The average molecular weight is 338 g/mol. The minimum Gasteiger partial charge on any atom is -0.469 e. The van der Waals surface area contributed by atoms with Crippen LogP contribution in [-0.2, 0) is 17.8 Å². The maximum absolute atomic E-state index is 5.87. The van der Waals surface area contributed by atoms with E-state index in [2.05, 4.69) is 25.2 Å². The molecule has 23 heavy (non-hydrogen) atoms. The van der Waals surface area contributed by atoms with Crippen LogP contribution in [0.1, 0.15) is 23.6 Å². The van der Waals surface area contributed by atoms with Gasteiger partial charge in [-0.05, 0) is 20.8 Å². The monoisotopic (exact) mass is 338 g/mol. The highest BCUT2D eigenvalue weighted by molar-refractivity contribution is 7.13. The van der Waals surface area contributed by atoms with Gasteiger partial charge in [0.1, 0.15) is 16.7 Å². The fourth-order valence-electron chi connectivity index (χ4n) is 2.64. The highest BCUT2D eigenvalue weighted by atomic mass is 32.1. The van der Waals surface area contributed by atoms with Crippen LogP contribution < -0.4 is 4.74 Å². The van der Waals surface area contributed by atoms with Crippen molar-refractivity contribution in [2.45, 2.75) is 40.0 Å². The van der Waals surface area contributed by atoms with Gasteiger partial charge >= 0.3 is 0 Å². The number of nitrogens with zero attached hydrogens (tertiary/aromatic N) is 6. The minimum absolute atomic E-state index is 0.114. The van der Waals surface area contributed by atoms with E-state index in [-0.39, 0.29) is 6.10 Å². The molecule has 0 bridgehead atoms. The summed E-state index contributed by atoms with van der Waals surface area (Å²) in [6.45, 7) is 10.4. The van der Waals surface area contributed by atoms with Gasteiger partial charge in [-0.2, -0.15) is 5.10 Å². The summed E-state index contributed by atoms with van der Waals surface area (Å²) >= 11 is 1.51. The van der Waals surface area contributed by atoms with Crippen molar-refractivity contribution in [3.63, 3.8) is 0 Å². The lowest BCUT2D eigenvalue weighted by Crippen LogP contribution is -2.43. The zero-order valence-corrected chi connectivity index (χ0v) is 14.5. The summed E-state index contributed by atoms with van der Waals surface area (Å²) in [5, 5.41) is 14.2. The summed E-state index contributed by atoms with van der Waals surface area (Å²) < 4.78 is 13.2. The summed E-state index contributed by atoms with van der Waals surface area (Å²) in [5.41, 5.74) is 0. The lowest BCUT2D eigenvalue weighted by atomic mass is 10.2. The summed E-state index contributed by atoms with van der Waals surface area (Å²) in [6.07, 6.45) is 0.114. The third-order valence-corrected chi connectivity index (χ3v) is 4.46. The van der Waals surface area contributed by atoms with Crippen LogP contribution in [0.2, 0.25) is 0 Å². The third-order valence-electron chi connectivity index (χ3n) is 3.64. The first kappa shape index (κ1) is 16.3. The van der Waals surface area contributed by atoms with Gasteiger partial charge in [0.2, 0.25) is 0 Å². The molecule has 9 heteroatoms. The molecule has 8 nitrogen and oxygen atoms in total. The van der Waals surface area contributed by atoms with Crippen LogP contribution in [0.3, 0.4) is 0 Å². The number of morpholine rings is 1. The molecular formula is C14H22N6O2S. The predicted octanol–water partition coefficient (Wildman–Crippen LogP) is 1.05. The number of aryl methyl sites for hydroxylation is 2. The average Bonchev–Trinajstić information content (AvgIpc) is 3.07. The van der Waals surface area contributed by atoms with E-state index in [4.69, 9.17) is 9.47 Å². The van der Waals surface area contributed by atoms with Crippen molar-refractivity contribution in [2.75, 3.05) is 26.3 Å². The lowest BCUT2D eigenvalue weighted by molar-refractivity contribution is -0.0406. The Morgan fingerprint density at radius 3 is 2.96 bits per heavy atom. The molecular weight excluding hydrogens is 316 g/mol. The van der Waals surface area contributed by atoms with E-state index >= 15 is 0 Å². The van der Waals surface area contributed by atoms with Crippen LogP contribution in [-0.4, -0.2) is 62.3 Å². The molecule has 2 aromatic heterocycles. The van der Waals surface area contributed by atoms with Crippen LogP contribution in [0, 0.1) is 13.8 Å². The Balaban J connectivity index is 1.56. The highest BCUT2D eigenvalue weighted by Gasteiger charge is 2.23. The molecule has 0 N–H and O–H groups in total. The van der Waals surface area contributed by atoms with Gasteiger partial charge in [0.05, 0.1) is 32.4 Å². The molecule has 3 rings (SSSR count). The van der Waals surface area contributed by atoms with Gasteiger partial charge in [-0.25, -0.2) is 9.67 Å². The lowest BCUT2D eigenvalue weighted by Gasteiger charge is -2.32. The Labute approximate surface area is 139 Å². The molecule has 3 heterocycles. The molecule has 1 fully saturated rings. The van der Waals surface area contributed by atoms with Crippen molar-refractivity contribution in [2.24, 2.45) is 0 Å². The molecule has 1 aliphatic rings. The number of hydrogen-bond donors (Lipinski definition) is 0. The Bertz CT molecular complexity index is 643. The second kappa shape index (κ2) is 7.33. The van der Waals surface area contributed by atoms with Crippen LogP contribution in [0.4, 0.5) is 0 Å². The molecule has 0 radical (unpaired) electrons. The fraction of sp³-hybridized carbons (Fsp3) is 0.714. The fourth-order valence-corrected chi connectivity index (χ4v) is 3.43.